The number of nitrogens with zero attached hydrogens (tertiary/aromatic N) is 2. The van der Waals surface area contributed by atoms with Crippen molar-refractivity contribution in [1.29, 1.82) is 0 Å². The molecule has 1 unspecified atom stereocenters. The van der Waals surface area contributed by atoms with Gasteiger partial charge in [-0.15, -0.1) is 10.2 Å². The molecule has 1 N–H and O–H groups in total. The lowest BCUT2D eigenvalue weighted by Crippen LogP contribution is -2.26. The topological polar surface area (TPSA) is 85.1 Å². The van der Waals surface area contributed by atoms with Crippen molar-refractivity contribution >= 4 is 15.5 Å². The average Bonchev–Trinajstić information content (AvgIpc) is 2.93. The molecule has 0 fully saturated rings. The van der Waals surface area contributed by atoms with Crippen LogP contribution in [-0.4, -0.2) is 36.2 Å². The number of anilines is 1. The number of nitrogens with one attached hydrogen (secondary N) is 1. The van der Waals surface area contributed by atoms with Crippen LogP contribution in [0.4, 0.5) is 5.69 Å². The zero-order chi connectivity index (χ0) is 14.6. The predicted molar refractivity (Wildman–Crippen MR) is 77.1 cm³/mol. The molecule has 0 saturated heterocycles. The lowest BCUT2D eigenvalue weighted by molar-refractivity contribution is 0.568. The zero-order valence-electron chi connectivity index (χ0n) is 11.4. The van der Waals surface area contributed by atoms with E-state index in [1.807, 2.05) is 31.2 Å². The molecular weight excluding hydrogens is 278 g/mol. The van der Waals surface area contributed by atoms with Crippen LogP contribution in [0.15, 0.2) is 35.1 Å². The quantitative estimate of drug-likeness (QED) is 0.877. The maximum absolute atomic E-state index is 11.5. The zero-order valence-corrected chi connectivity index (χ0v) is 12.2. The van der Waals surface area contributed by atoms with Crippen molar-refractivity contribution in [3.63, 3.8) is 0 Å². The fourth-order valence-electron chi connectivity index (χ4n) is 1.83. The second kappa shape index (κ2) is 6.04. The molecule has 1 heterocycles. The van der Waals surface area contributed by atoms with Gasteiger partial charge in [0.15, 0.2) is 9.84 Å². The van der Waals surface area contributed by atoms with Crippen LogP contribution in [0.5, 0.6) is 0 Å². The summed E-state index contributed by atoms with van der Waals surface area (Å²) >= 11 is 0. The summed E-state index contributed by atoms with van der Waals surface area (Å²) in [5.41, 5.74) is 1.67. The van der Waals surface area contributed by atoms with Gasteiger partial charge in [-0.25, -0.2) is 8.42 Å². The van der Waals surface area contributed by atoms with Crippen molar-refractivity contribution in [2.24, 2.45) is 0 Å². The molecule has 20 heavy (non-hydrogen) atoms. The van der Waals surface area contributed by atoms with Crippen LogP contribution in [0.3, 0.4) is 0 Å². The minimum atomic E-state index is -2.98. The Balaban J connectivity index is 2.01. The van der Waals surface area contributed by atoms with Gasteiger partial charge in [-0.3, -0.25) is 0 Å². The highest BCUT2D eigenvalue weighted by Crippen LogP contribution is 2.19. The van der Waals surface area contributed by atoms with E-state index in [1.165, 1.54) is 6.39 Å². The van der Waals surface area contributed by atoms with Gasteiger partial charge in [-0.2, -0.15) is 0 Å². The number of aromatic nitrogens is 2. The van der Waals surface area contributed by atoms with Gasteiger partial charge in [0.25, 0.3) is 0 Å². The molecule has 0 aliphatic carbocycles. The molecule has 2 rings (SSSR count). The van der Waals surface area contributed by atoms with Gasteiger partial charge >= 0.3 is 0 Å². The standard InChI is InChI=1S/C13H17N3O3S/c1-3-20(17,18)8-10(2)15-12-6-4-11(5-7-12)13-16-14-9-19-13/h4-7,9-10,15H,3,8H2,1-2H3. The summed E-state index contributed by atoms with van der Waals surface area (Å²) in [4.78, 5) is 0. The molecular formula is C13H17N3O3S. The Morgan fingerprint density at radius 1 is 1.30 bits per heavy atom. The maximum Gasteiger partial charge on any atom is 0.247 e. The summed E-state index contributed by atoms with van der Waals surface area (Å²) in [5.74, 6) is 0.738. The summed E-state index contributed by atoms with van der Waals surface area (Å²) in [7, 11) is -2.98. The Morgan fingerprint density at radius 3 is 2.55 bits per heavy atom. The van der Waals surface area contributed by atoms with Gasteiger partial charge in [-0.05, 0) is 31.2 Å². The number of hydrogen-bond donors (Lipinski definition) is 1. The van der Waals surface area contributed by atoms with Gasteiger partial charge in [0.05, 0.1) is 5.75 Å². The van der Waals surface area contributed by atoms with E-state index in [2.05, 4.69) is 15.5 Å². The number of rotatable bonds is 6. The molecule has 0 radical (unpaired) electrons. The Kier molecular flexibility index (Phi) is 4.39. The molecule has 7 heteroatoms. The van der Waals surface area contributed by atoms with E-state index in [-0.39, 0.29) is 17.5 Å². The van der Waals surface area contributed by atoms with Crippen molar-refractivity contribution in [3.05, 3.63) is 30.7 Å². The van der Waals surface area contributed by atoms with Crippen molar-refractivity contribution in [1.82, 2.24) is 10.2 Å². The van der Waals surface area contributed by atoms with Crippen molar-refractivity contribution in [2.45, 2.75) is 19.9 Å². The SMILES string of the molecule is CCS(=O)(=O)CC(C)Nc1ccc(-c2nnco2)cc1. The van der Waals surface area contributed by atoms with E-state index in [0.717, 1.165) is 11.3 Å². The molecule has 0 aliphatic heterocycles. The number of sulfone groups is 1. The smallest absolute Gasteiger partial charge is 0.247 e. The Morgan fingerprint density at radius 2 is 2.00 bits per heavy atom. The lowest BCUT2D eigenvalue weighted by Gasteiger charge is -2.15. The first-order chi connectivity index (χ1) is 9.50. The summed E-state index contributed by atoms with van der Waals surface area (Å²) in [6.45, 7) is 3.50. The Labute approximate surface area is 118 Å². The van der Waals surface area contributed by atoms with Crippen LogP contribution in [0.2, 0.25) is 0 Å². The highest BCUT2D eigenvalue weighted by atomic mass is 32.2. The second-order valence-electron chi connectivity index (χ2n) is 4.57. The fraction of sp³-hybridized carbons (Fsp3) is 0.385. The molecule has 1 atom stereocenters. The molecule has 0 aliphatic rings. The van der Waals surface area contributed by atoms with Crippen molar-refractivity contribution < 1.29 is 12.8 Å². The summed E-state index contributed by atoms with van der Waals surface area (Å²) in [6.07, 6.45) is 1.28. The van der Waals surface area contributed by atoms with Crippen LogP contribution in [0.25, 0.3) is 11.5 Å². The molecule has 1 aromatic carbocycles. The number of benzene rings is 1. The largest absolute Gasteiger partial charge is 0.423 e. The molecule has 0 spiro atoms. The molecule has 0 amide bonds. The highest BCUT2D eigenvalue weighted by molar-refractivity contribution is 7.91. The second-order valence-corrected chi connectivity index (χ2v) is 6.96. The van der Waals surface area contributed by atoms with Crippen LogP contribution >= 0.6 is 0 Å². The highest BCUT2D eigenvalue weighted by Gasteiger charge is 2.13. The molecule has 6 nitrogen and oxygen atoms in total. The van der Waals surface area contributed by atoms with Crippen LogP contribution in [0, 0.1) is 0 Å². The summed E-state index contributed by atoms with van der Waals surface area (Å²) in [6, 6.07) is 7.26. The third-order valence-electron chi connectivity index (χ3n) is 2.85. The van der Waals surface area contributed by atoms with Crippen LogP contribution in [0.1, 0.15) is 13.8 Å². The monoisotopic (exact) mass is 295 g/mol. The third kappa shape index (κ3) is 3.80. The lowest BCUT2D eigenvalue weighted by atomic mass is 10.2. The molecule has 108 valence electrons. The Bertz CT molecular complexity index is 636. The first-order valence-corrected chi connectivity index (χ1v) is 8.16. The first kappa shape index (κ1) is 14.5. The van der Waals surface area contributed by atoms with E-state index in [9.17, 15) is 8.42 Å². The number of hydrogen-bond acceptors (Lipinski definition) is 6. The molecule has 2 aromatic rings. The van der Waals surface area contributed by atoms with Crippen molar-refractivity contribution in [3.8, 4) is 11.5 Å². The van der Waals surface area contributed by atoms with Gasteiger partial charge in [-0.1, -0.05) is 6.92 Å². The minimum Gasteiger partial charge on any atom is -0.423 e. The van der Waals surface area contributed by atoms with E-state index in [0.29, 0.717) is 5.89 Å². The average molecular weight is 295 g/mol. The fourth-order valence-corrected chi connectivity index (χ4v) is 2.91. The van der Waals surface area contributed by atoms with Crippen LogP contribution < -0.4 is 5.32 Å². The van der Waals surface area contributed by atoms with Gasteiger partial charge in [0.1, 0.15) is 0 Å². The molecule has 0 bridgehead atoms. The van der Waals surface area contributed by atoms with E-state index in [4.69, 9.17) is 4.42 Å². The predicted octanol–water partition coefficient (Wildman–Crippen LogP) is 1.97. The molecule has 0 saturated carbocycles. The summed E-state index contributed by atoms with van der Waals surface area (Å²) < 4.78 is 28.2. The van der Waals surface area contributed by atoms with E-state index in [1.54, 1.807) is 6.92 Å². The third-order valence-corrected chi connectivity index (χ3v) is 4.74. The van der Waals surface area contributed by atoms with Crippen molar-refractivity contribution in [2.75, 3.05) is 16.8 Å². The van der Waals surface area contributed by atoms with E-state index < -0.39 is 9.84 Å². The minimum absolute atomic E-state index is 0.120. The van der Waals surface area contributed by atoms with E-state index >= 15 is 0 Å². The maximum atomic E-state index is 11.5. The van der Waals surface area contributed by atoms with Crippen LogP contribution in [-0.2, 0) is 9.84 Å². The molecule has 1 aromatic heterocycles. The normalized spacial score (nSPS) is 13.1. The van der Waals surface area contributed by atoms with Gasteiger partial charge in [0.2, 0.25) is 12.3 Å². The first-order valence-electron chi connectivity index (χ1n) is 6.34. The van der Waals surface area contributed by atoms with Gasteiger partial charge < -0.3 is 9.73 Å². The van der Waals surface area contributed by atoms with Gasteiger partial charge in [0, 0.05) is 23.0 Å². The summed E-state index contributed by atoms with van der Waals surface area (Å²) in [5, 5.41) is 10.6. The Hall–Kier alpha value is -1.89.